The Hall–Kier alpha value is -0.630. The molecular weight excluding hydrogens is 212 g/mol. The Balaban J connectivity index is 1.70. The molecule has 17 heavy (non-hydrogen) atoms. The van der Waals surface area contributed by atoms with Crippen LogP contribution in [0.3, 0.4) is 0 Å². The third-order valence-electron chi connectivity index (χ3n) is 5.08. The molecule has 0 radical (unpaired) electrons. The first-order chi connectivity index (χ1) is 8.24. The summed E-state index contributed by atoms with van der Waals surface area (Å²) in [6, 6.07) is 0. The van der Waals surface area contributed by atoms with Crippen molar-refractivity contribution in [2.24, 2.45) is 11.8 Å². The maximum atomic E-state index is 11.4. The number of aliphatic hydroxyl groups is 1. The van der Waals surface area contributed by atoms with E-state index in [2.05, 4.69) is 0 Å². The van der Waals surface area contributed by atoms with Crippen LogP contribution < -0.4 is 0 Å². The van der Waals surface area contributed by atoms with Crippen molar-refractivity contribution >= 4 is 5.78 Å². The van der Waals surface area contributed by atoms with Crippen molar-refractivity contribution in [2.75, 3.05) is 0 Å². The van der Waals surface area contributed by atoms with Crippen molar-refractivity contribution in [1.82, 2.24) is 0 Å². The average Bonchev–Trinajstić information content (AvgIpc) is 2.75. The molecule has 3 rings (SSSR count). The van der Waals surface area contributed by atoms with Gasteiger partial charge >= 0.3 is 0 Å². The van der Waals surface area contributed by atoms with E-state index in [0.29, 0.717) is 17.6 Å². The number of carbonyl (C=O) groups excluding carboxylic acids is 1. The van der Waals surface area contributed by atoms with E-state index in [1.54, 1.807) is 5.57 Å². The van der Waals surface area contributed by atoms with Gasteiger partial charge in [-0.1, -0.05) is 17.6 Å². The zero-order valence-corrected chi connectivity index (χ0v) is 10.5. The third kappa shape index (κ3) is 2.20. The van der Waals surface area contributed by atoms with Gasteiger partial charge in [0.1, 0.15) is 5.78 Å². The summed E-state index contributed by atoms with van der Waals surface area (Å²) in [5.74, 6) is 1.67. The lowest BCUT2D eigenvalue weighted by molar-refractivity contribution is -0.118. The molecule has 0 heterocycles. The number of aliphatic hydroxyl groups excluding tert-OH is 1. The quantitative estimate of drug-likeness (QED) is 0.708. The van der Waals surface area contributed by atoms with Crippen molar-refractivity contribution in [1.29, 1.82) is 0 Å². The molecule has 0 unspecified atom stereocenters. The zero-order chi connectivity index (χ0) is 11.8. The summed E-state index contributed by atoms with van der Waals surface area (Å²) in [5, 5.41) is 10.0. The summed E-state index contributed by atoms with van der Waals surface area (Å²) in [7, 11) is 0. The van der Waals surface area contributed by atoms with Gasteiger partial charge in [-0.15, -0.1) is 0 Å². The third-order valence-corrected chi connectivity index (χ3v) is 5.08. The molecule has 0 spiro atoms. The first kappa shape index (κ1) is 11.5. The average molecular weight is 234 g/mol. The van der Waals surface area contributed by atoms with Crippen LogP contribution in [0.2, 0.25) is 0 Å². The fraction of sp³-hybridized carbons (Fsp3) is 0.800. The SMILES string of the molecule is O=C1CCC2=C(CC[C@H]([C@H]3CCC[C@@H]3O)C2)C1. The number of ketones is 1. The largest absolute Gasteiger partial charge is 0.393 e. The van der Waals surface area contributed by atoms with Crippen molar-refractivity contribution in [3.05, 3.63) is 11.1 Å². The molecule has 0 saturated heterocycles. The Morgan fingerprint density at radius 3 is 2.65 bits per heavy atom. The van der Waals surface area contributed by atoms with E-state index >= 15 is 0 Å². The van der Waals surface area contributed by atoms with Gasteiger partial charge in [0.05, 0.1) is 6.10 Å². The highest BCUT2D eigenvalue weighted by molar-refractivity contribution is 5.82. The molecule has 0 aliphatic heterocycles. The Morgan fingerprint density at radius 1 is 1.00 bits per heavy atom. The van der Waals surface area contributed by atoms with E-state index in [1.165, 1.54) is 31.3 Å². The second kappa shape index (κ2) is 4.56. The van der Waals surface area contributed by atoms with Crippen LogP contribution in [0.25, 0.3) is 0 Å². The molecule has 3 aliphatic rings. The molecule has 3 atom stereocenters. The van der Waals surface area contributed by atoms with Gasteiger partial charge in [-0.2, -0.15) is 0 Å². The second-order valence-corrected chi connectivity index (χ2v) is 6.09. The summed E-state index contributed by atoms with van der Waals surface area (Å²) < 4.78 is 0. The van der Waals surface area contributed by atoms with E-state index in [-0.39, 0.29) is 6.10 Å². The lowest BCUT2D eigenvalue weighted by atomic mass is 9.72. The number of Topliss-reactive ketones (excluding diaryl/α,β-unsaturated/α-hetero) is 1. The van der Waals surface area contributed by atoms with Crippen LogP contribution >= 0.6 is 0 Å². The fourth-order valence-electron chi connectivity index (χ4n) is 4.09. The first-order valence-electron chi connectivity index (χ1n) is 7.13. The van der Waals surface area contributed by atoms with Gasteiger partial charge in [0, 0.05) is 12.8 Å². The molecule has 0 aromatic rings. The van der Waals surface area contributed by atoms with Crippen molar-refractivity contribution in [3.63, 3.8) is 0 Å². The number of rotatable bonds is 1. The monoisotopic (exact) mass is 234 g/mol. The molecule has 2 nitrogen and oxygen atoms in total. The summed E-state index contributed by atoms with van der Waals surface area (Å²) >= 11 is 0. The van der Waals surface area contributed by atoms with E-state index in [4.69, 9.17) is 0 Å². The van der Waals surface area contributed by atoms with Gasteiger partial charge in [-0.25, -0.2) is 0 Å². The van der Waals surface area contributed by atoms with E-state index < -0.39 is 0 Å². The van der Waals surface area contributed by atoms with Gasteiger partial charge in [0.2, 0.25) is 0 Å². The Kier molecular flexibility index (Phi) is 3.08. The molecule has 1 saturated carbocycles. The molecule has 94 valence electrons. The normalized spacial score (nSPS) is 38.4. The number of hydrogen-bond donors (Lipinski definition) is 1. The van der Waals surface area contributed by atoms with E-state index in [9.17, 15) is 9.90 Å². The van der Waals surface area contributed by atoms with Crippen molar-refractivity contribution in [2.45, 2.75) is 63.9 Å². The zero-order valence-electron chi connectivity index (χ0n) is 10.5. The van der Waals surface area contributed by atoms with Crippen LogP contribution in [0.1, 0.15) is 57.8 Å². The second-order valence-electron chi connectivity index (χ2n) is 6.09. The van der Waals surface area contributed by atoms with Crippen LogP contribution in [0, 0.1) is 11.8 Å². The molecule has 0 aromatic carbocycles. The summed E-state index contributed by atoms with van der Waals surface area (Å²) in [4.78, 5) is 11.4. The van der Waals surface area contributed by atoms with Crippen LogP contribution in [0.4, 0.5) is 0 Å². The molecule has 0 amide bonds. The van der Waals surface area contributed by atoms with Crippen LogP contribution in [-0.4, -0.2) is 17.0 Å². The number of carbonyl (C=O) groups is 1. The Morgan fingerprint density at radius 2 is 1.88 bits per heavy atom. The summed E-state index contributed by atoms with van der Waals surface area (Å²) in [5.41, 5.74) is 3.02. The summed E-state index contributed by atoms with van der Waals surface area (Å²) in [6.07, 6.45) is 9.37. The molecule has 0 bridgehead atoms. The smallest absolute Gasteiger partial charge is 0.137 e. The maximum Gasteiger partial charge on any atom is 0.137 e. The Bertz CT molecular complexity index is 356. The number of hydrogen-bond acceptors (Lipinski definition) is 2. The predicted molar refractivity (Wildman–Crippen MR) is 66.6 cm³/mol. The van der Waals surface area contributed by atoms with Crippen LogP contribution in [0.5, 0.6) is 0 Å². The van der Waals surface area contributed by atoms with Gasteiger partial charge in [-0.3, -0.25) is 4.79 Å². The molecule has 2 heteroatoms. The lowest BCUT2D eigenvalue weighted by Crippen LogP contribution is -2.27. The highest BCUT2D eigenvalue weighted by Crippen LogP contribution is 2.44. The molecule has 1 fully saturated rings. The molecule has 0 aromatic heterocycles. The van der Waals surface area contributed by atoms with Crippen LogP contribution in [-0.2, 0) is 4.79 Å². The highest BCUT2D eigenvalue weighted by atomic mass is 16.3. The minimum absolute atomic E-state index is 0.0487. The molecule has 1 N–H and O–H groups in total. The Labute approximate surface area is 103 Å². The molecule has 3 aliphatic carbocycles. The topological polar surface area (TPSA) is 37.3 Å². The highest BCUT2D eigenvalue weighted by Gasteiger charge is 2.35. The minimum Gasteiger partial charge on any atom is -0.393 e. The number of allylic oxidation sites excluding steroid dienone is 2. The van der Waals surface area contributed by atoms with Crippen molar-refractivity contribution in [3.8, 4) is 0 Å². The van der Waals surface area contributed by atoms with Gasteiger partial charge in [-0.05, 0) is 50.4 Å². The summed E-state index contributed by atoms with van der Waals surface area (Å²) in [6.45, 7) is 0. The maximum absolute atomic E-state index is 11.4. The van der Waals surface area contributed by atoms with Gasteiger partial charge < -0.3 is 5.11 Å². The standard InChI is InChI=1S/C15H22O2/c16-13-7-6-10-8-12(5-4-11(10)9-13)14-2-1-3-15(14)17/h12,14-15,17H,1-9H2/t12-,14+,15-/m0/s1. The van der Waals surface area contributed by atoms with Crippen molar-refractivity contribution < 1.29 is 9.90 Å². The molecular formula is C15H22O2. The van der Waals surface area contributed by atoms with Gasteiger partial charge in [0.15, 0.2) is 0 Å². The fourth-order valence-corrected chi connectivity index (χ4v) is 4.09. The first-order valence-corrected chi connectivity index (χ1v) is 7.13. The van der Waals surface area contributed by atoms with E-state index in [0.717, 1.165) is 32.1 Å². The minimum atomic E-state index is -0.0487. The predicted octanol–water partition coefficient (Wildman–Crippen LogP) is 3.00. The van der Waals surface area contributed by atoms with E-state index in [1.807, 2.05) is 0 Å². The van der Waals surface area contributed by atoms with Crippen LogP contribution in [0.15, 0.2) is 11.1 Å². The van der Waals surface area contributed by atoms with Gasteiger partial charge in [0.25, 0.3) is 0 Å². The lowest BCUT2D eigenvalue weighted by Gasteiger charge is -2.34.